The van der Waals surface area contributed by atoms with Crippen LogP contribution in [-0.2, 0) is 0 Å². The summed E-state index contributed by atoms with van der Waals surface area (Å²) in [5.74, 6) is 3.73. The van der Waals surface area contributed by atoms with Gasteiger partial charge < -0.3 is 4.74 Å². The van der Waals surface area contributed by atoms with Gasteiger partial charge in [0, 0.05) is 11.5 Å². The first-order valence-electron chi connectivity index (χ1n) is 10.6. The molecule has 2 fully saturated rings. The van der Waals surface area contributed by atoms with Gasteiger partial charge >= 0.3 is 0 Å². The molecular formula is C25H31FO. The Labute approximate surface area is 162 Å². The van der Waals surface area contributed by atoms with Gasteiger partial charge in [-0.1, -0.05) is 44.6 Å². The second kappa shape index (κ2) is 8.04. The lowest BCUT2D eigenvalue weighted by molar-refractivity contribution is 0.116. The van der Waals surface area contributed by atoms with E-state index < -0.39 is 0 Å². The molecule has 27 heavy (non-hydrogen) atoms. The Kier molecular flexibility index (Phi) is 5.52. The molecule has 0 amide bonds. The van der Waals surface area contributed by atoms with Crippen LogP contribution in [0.2, 0.25) is 0 Å². The molecule has 2 heteroatoms. The minimum absolute atomic E-state index is 0.189. The quantitative estimate of drug-likeness (QED) is 0.506. The predicted molar refractivity (Wildman–Crippen MR) is 111 cm³/mol. The van der Waals surface area contributed by atoms with Gasteiger partial charge in [-0.25, -0.2) is 4.39 Å². The third kappa shape index (κ3) is 3.90. The van der Waals surface area contributed by atoms with Gasteiger partial charge in [-0.2, -0.15) is 0 Å². The molecule has 0 radical (unpaired) electrons. The number of ether oxygens (including phenoxy) is 1. The maximum absolute atomic E-state index is 14.7. The van der Waals surface area contributed by atoms with E-state index in [1.165, 1.54) is 56.6 Å². The molecule has 4 rings (SSSR count). The molecule has 0 heterocycles. The zero-order valence-electron chi connectivity index (χ0n) is 16.4. The van der Waals surface area contributed by atoms with Crippen LogP contribution in [0.5, 0.6) is 5.75 Å². The summed E-state index contributed by atoms with van der Waals surface area (Å²) in [6, 6.07) is 9.79. The Bertz CT molecular complexity index is 811. The minimum atomic E-state index is -0.189. The SMILES string of the molecule is C=CCOc1cc(F)c2cc(C3CCC4CC(CC)CCC4C3)ccc2c1. The number of halogens is 1. The van der Waals surface area contributed by atoms with Gasteiger partial charge in [-0.3, -0.25) is 0 Å². The smallest absolute Gasteiger partial charge is 0.134 e. The molecule has 1 nitrogen and oxygen atoms in total. The fourth-order valence-electron chi connectivity index (χ4n) is 5.46. The van der Waals surface area contributed by atoms with Gasteiger partial charge in [0.15, 0.2) is 0 Å². The highest BCUT2D eigenvalue weighted by molar-refractivity contribution is 5.85. The van der Waals surface area contributed by atoms with Crippen LogP contribution in [0.1, 0.15) is 63.4 Å². The van der Waals surface area contributed by atoms with Gasteiger partial charge in [0.2, 0.25) is 0 Å². The first-order valence-corrected chi connectivity index (χ1v) is 10.6. The lowest BCUT2D eigenvalue weighted by Crippen LogP contribution is -2.30. The third-order valence-electron chi connectivity index (χ3n) is 7.04. The van der Waals surface area contributed by atoms with E-state index in [1.807, 2.05) is 6.07 Å². The number of hydrogen-bond acceptors (Lipinski definition) is 1. The Morgan fingerprint density at radius 1 is 1.07 bits per heavy atom. The second-order valence-corrected chi connectivity index (χ2v) is 8.60. The number of hydrogen-bond donors (Lipinski definition) is 0. The van der Waals surface area contributed by atoms with Crippen molar-refractivity contribution in [1.29, 1.82) is 0 Å². The molecule has 0 aliphatic heterocycles. The van der Waals surface area contributed by atoms with Gasteiger partial charge in [-0.05, 0) is 78.9 Å². The summed E-state index contributed by atoms with van der Waals surface area (Å²) >= 11 is 0. The lowest BCUT2D eigenvalue weighted by Gasteiger charge is -2.42. The van der Waals surface area contributed by atoms with Crippen LogP contribution in [0.25, 0.3) is 10.8 Å². The van der Waals surface area contributed by atoms with Gasteiger partial charge in [0.1, 0.15) is 18.2 Å². The Balaban J connectivity index is 1.52. The van der Waals surface area contributed by atoms with Crippen LogP contribution in [0.15, 0.2) is 43.0 Å². The molecule has 2 aromatic carbocycles. The van der Waals surface area contributed by atoms with Crippen LogP contribution in [-0.4, -0.2) is 6.61 Å². The molecule has 2 aliphatic carbocycles. The fraction of sp³-hybridized carbons (Fsp3) is 0.520. The number of fused-ring (bicyclic) bond motifs is 2. The maximum atomic E-state index is 14.7. The number of benzene rings is 2. The molecule has 144 valence electrons. The molecule has 0 N–H and O–H groups in total. The third-order valence-corrected chi connectivity index (χ3v) is 7.04. The molecule has 0 bridgehead atoms. The molecular weight excluding hydrogens is 335 g/mol. The van der Waals surface area contributed by atoms with Crippen LogP contribution in [0.3, 0.4) is 0 Å². The highest BCUT2D eigenvalue weighted by Gasteiger charge is 2.35. The van der Waals surface area contributed by atoms with E-state index in [-0.39, 0.29) is 5.82 Å². The normalized spacial score (nSPS) is 27.9. The monoisotopic (exact) mass is 366 g/mol. The van der Waals surface area contributed by atoms with Crippen molar-refractivity contribution in [1.82, 2.24) is 0 Å². The summed E-state index contributed by atoms with van der Waals surface area (Å²) in [5, 5.41) is 1.63. The fourth-order valence-corrected chi connectivity index (χ4v) is 5.46. The van der Waals surface area contributed by atoms with Crippen LogP contribution < -0.4 is 4.74 Å². The Morgan fingerprint density at radius 3 is 2.70 bits per heavy atom. The van der Waals surface area contributed by atoms with Gasteiger partial charge in [0.05, 0.1) is 0 Å². The van der Waals surface area contributed by atoms with Crippen molar-refractivity contribution in [2.75, 3.05) is 6.61 Å². The van der Waals surface area contributed by atoms with Crippen molar-refractivity contribution in [3.05, 3.63) is 54.4 Å². The van der Waals surface area contributed by atoms with Gasteiger partial charge in [-0.15, -0.1) is 0 Å². The van der Waals surface area contributed by atoms with Crippen molar-refractivity contribution < 1.29 is 9.13 Å². The zero-order valence-corrected chi connectivity index (χ0v) is 16.4. The topological polar surface area (TPSA) is 9.23 Å². The Morgan fingerprint density at radius 2 is 1.89 bits per heavy atom. The lowest BCUT2D eigenvalue weighted by atomic mass is 9.63. The summed E-state index contributed by atoms with van der Waals surface area (Å²) in [6.07, 6.45) is 11.1. The van der Waals surface area contributed by atoms with Crippen molar-refractivity contribution in [2.24, 2.45) is 17.8 Å². The Hall–Kier alpha value is -1.83. The summed E-state index contributed by atoms with van der Waals surface area (Å²) in [7, 11) is 0. The molecule has 0 aromatic heterocycles. The van der Waals surface area contributed by atoms with E-state index in [0.717, 1.165) is 28.5 Å². The molecule has 0 saturated heterocycles. The largest absolute Gasteiger partial charge is 0.489 e. The van der Waals surface area contributed by atoms with Crippen molar-refractivity contribution >= 4 is 10.8 Å². The minimum Gasteiger partial charge on any atom is -0.489 e. The molecule has 2 saturated carbocycles. The van der Waals surface area contributed by atoms with E-state index in [0.29, 0.717) is 18.3 Å². The van der Waals surface area contributed by atoms with E-state index in [2.05, 4.69) is 31.7 Å². The molecule has 2 aliphatic rings. The van der Waals surface area contributed by atoms with Crippen molar-refractivity contribution in [2.45, 2.75) is 57.8 Å². The highest BCUT2D eigenvalue weighted by atomic mass is 19.1. The molecule has 4 atom stereocenters. The summed E-state index contributed by atoms with van der Waals surface area (Å²) in [5.41, 5.74) is 1.32. The van der Waals surface area contributed by atoms with Crippen LogP contribution in [0, 0.1) is 23.6 Å². The zero-order chi connectivity index (χ0) is 18.8. The summed E-state index contributed by atoms with van der Waals surface area (Å²) in [6.45, 7) is 6.38. The average molecular weight is 367 g/mol. The molecule has 0 spiro atoms. The van der Waals surface area contributed by atoms with Crippen LogP contribution in [0.4, 0.5) is 4.39 Å². The van der Waals surface area contributed by atoms with E-state index in [9.17, 15) is 4.39 Å². The molecule has 4 unspecified atom stereocenters. The summed E-state index contributed by atoms with van der Waals surface area (Å²) < 4.78 is 20.2. The van der Waals surface area contributed by atoms with E-state index in [4.69, 9.17) is 4.74 Å². The van der Waals surface area contributed by atoms with Gasteiger partial charge in [0.25, 0.3) is 0 Å². The second-order valence-electron chi connectivity index (χ2n) is 8.60. The first kappa shape index (κ1) is 18.5. The first-order chi connectivity index (χ1) is 13.2. The van der Waals surface area contributed by atoms with Crippen molar-refractivity contribution in [3.63, 3.8) is 0 Å². The van der Waals surface area contributed by atoms with Crippen LogP contribution >= 0.6 is 0 Å². The van der Waals surface area contributed by atoms with E-state index >= 15 is 0 Å². The summed E-state index contributed by atoms with van der Waals surface area (Å²) in [4.78, 5) is 0. The maximum Gasteiger partial charge on any atom is 0.134 e. The van der Waals surface area contributed by atoms with E-state index in [1.54, 1.807) is 6.08 Å². The highest BCUT2D eigenvalue weighted by Crippen LogP contribution is 2.48. The predicted octanol–water partition coefficient (Wildman–Crippen LogP) is 7.25. The molecule has 2 aromatic rings. The average Bonchev–Trinajstić information content (AvgIpc) is 2.71. The standard InChI is InChI=1S/C25H31FO/c1-3-11-27-23-14-22-10-9-21(15-24(22)25(26)16-23)20-8-7-18-12-17(4-2)5-6-19(18)13-20/h3,9-10,14-20H,1,4-8,11-13H2,2H3. The van der Waals surface area contributed by atoms with Crippen molar-refractivity contribution in [3.8, 4) is 5.75 Å². The number of rotatable bonds is 5.